The molecule has 2 aromatic rings. The zero-order valence-electron chi connectivity index (χ0n) is 18.6. The van der Waals surface area contributed by atoms with Crippen LogP contribution in [0, 0.1) is 0 Å². The van der Waals surface area contributed by atoms with Crippen LogP contribution in [-0.4, -0.2) is 69.1 Å². The second-order valence-electron chi connectivity index (χ2n) is 8.26. The summed E-state index contributed by atoms with van der Waals surface area (Å²) in [7, 11) is 0.659. The van der Waals surface area contributed by atoms with Crippen LogP contribution in [0.2, 0.25) is 10.2 Å². The van der Waals surface area contributed by atoms with Gasteiger partial charge in [-0.05, 0) is 30.5 Å². The van der Waals surface area contributed by atoms with E-state index >= 15 is 0 Å². The highest BCUT2D eigenvalue weighted by atomic mass is 35.5. The highest BCUT2D eigenvalue weighted by Crippen LogP contribution is 2.17. The van der Waals surface area contributed by atoms with E-state index in [1.54, 1.807) is 24.3 Å². The van der Waals surface area contributed by atoms with Crippen LogP contribution < -0.4 is 21.5 Å². The molecule has 1 aromatic carbocycles. The van der Waals surface area contributed by atoms with E-state index in [0.717, 1.165) is 13.0 Å². The Labute approximate surface area is 204 Å². The van der Waals surface area contributed by atoms with E-state index in [0.29, 0.717) is 41.1 Å². The maximum Gasteiger partial charge on any atom is 0.273 e. The number of unbranched alkanes of at least 4 members (excludes halogenated alkanes) is 1. The molecule has 1 aromatic heterocycles. The summed E-state index contributed by atoms with van der Waals surface area (Å²) in [5.41, 5.74) is 11.8. The van der Waals surface area contributed by atoms with Gasteiger partial charge in [-0.1, -0.05) is 35.3 Å². The number of aromatic nitrogens is 2. The highest BCUT2D eigenvalue weighted by molar-refractivity contribution is 7.88. The summed E-state index contributed by atoms with van der Waals surface area (Å²) >= 11 is 11.6. The van der Waals surface area contributed by atoms with Gasteiger partial charge in [0.2, 0.25) is 10.0 Å². The first-order valence-corrected chi connectivity index (χ1v) is 12.7. The zero-order valence-corrected chi connectivity index (χ0v) is 21.0. The Kier molecular flexibility index (Phi) is 9.68. The highest BCUT2D eigenvalue weighted by Gasteiger charge is 2.19. The average Bonchev–Trinajstić information content (AvgIpc) is 2.71. The van der Waals surface area contributed by atoms with E-state index in [2.05, 4.69) is 20.0 Å². The Morgan fingerprint density at radius 1 is 1.00 bits per heavy atom. The van der Waals surface area contributed by atoms with Crippen LogP contribution in [0.15, 0.2) is 24.3 Å². The van der Waals surface area contributed by atoms with E-state index < -0.39 is 15.9 Å². The number of amides is 1. The Morgan fingerprint density at radius 3 is 2.33 bits per heavy atom. The number of nitrogens with two attached hydrogens (primary N) is 2. The predicted octanol–water partition coefficient (Wildman–Crippen LogP) is 1.65. The lowest BCUT2D eigenvalue weighted by Gasteiger charge is -2.30. The second-order valence-corrected chi connectivity index (χ2v) is 10.9. The minimum absolute atomic E-state index is 0.0317. The zero-order chi connectivity index (χ0) is 24.6. The fourth-order valence-electron chi connectivity index (χ4n) is 3.02. The lowest BCUT2D eigenvalue weighted by molar-refractivity contribution is -0.889. The number of hydrogen-bond donors (Lipinski definition) is 4. The molecule has 0 aliphatic rings. The quantitative estimate of drug-likeness (QED) is 0.246. The summed E-state index contributed by atoms with van der Waals surface area (Å²) in [5, 5.41) is 3.25. The molecule has 0 bridgehead atoms. The molecule has 0 saturated carbocycles. The first kappa shape index (κ1) is 27.1. The minimum atomic E-state index is -3.41. The molecular weight excluding hydrogens is 489 g/mol. The van der Waals surface area contributed by atoms with E-state index in [9.17, 15) is 13.2 Å². The van der Waals surface area contributed by atoms with Gasteiger partial charge >= 0.3 is 0 Å². The van der Waals surface area contributed by atoms with Crippen LogP contribution in [0.25, 0.3) is 0 Å². The fourth-order valence-corrected chi connectivity index (χ4v) is 4.46. The third-order valence-corrected chi connectivity index (χ3v) is 6.79. The Morgan fingerprint density at radius 2 is 1.67 bits per heavy atom. The molecule has 0 saturated heterocycles. The number of nitrogens with zero attached hydrogens (tertiary/aromatic N) is 3. The third kappa shape index (κ3) is 9.30. The molecule has 182 valence electrons. The molecule has 0 radical (unpaired) electrons. The molecule has 0 fully saturated rings. The molecule has 1 amide bonds. The van der Waals surface area contributed by atoms with Crippen molar-refractivity contribution in [3.05, 3.63) is 45.7 Å². The van der Waals surface area contributed by atoms with Crippen LogP contribution in [0.5, 0.6) is 0 Å². The number of likely N-dealkylation sites (N-methyl/N-ethyl adjacent to an activating group) is 1. The van der Waals surface area contributed by atoms with Gasteiger partial charge in [0, 0.05) is 11.6 Å². The van der Waals surface area contributed by atoms with Crippen molar-refractivity contribution in [1.29, 1.82) is 0 Å². The van der Waals surface area contributed by atoms with Crippen molar-refractivity contribution in [3.8, 4) is 0 Å². The van der Waals surface area contributed by atoms with Crippen molar-refractivity contribution in [2.75, 3.05) is 51.7 Å². The number of sulfonamides is 1. The summed E-state index contributed by atoms with van der Waals surface area (Å²) in [5.74, 6) is -0.672. The standard InChI is InChI=1S/C20H29Cl2N7O3S/c1-29(2,12-10-25-20(30)16-18(23)28-19(24)17(22)27-16)11-4-3-9-26-33(31,32)13-14-5-7-15(21)8-6-14/h5-8,26H,3-4,9-13H2,1-2H3,(H4-,23,24,25,28,30)/p+1. The third-order valence-electron chi connectivity index (χ3n) is 4.90. The first-order chi connectivity index (χ1) is 15.4. The van der Waals surface area contributed by atoms with Crippen molar-refractivity contribution in [3.63, 3.8) is 0 Å². The maximum absolute atomic E-state index is 12.3. The molecule has 13 heteroatoms. The van der Waals surface area contributed by atoms with Crippen LogP contribution in [-0.2, 0) is 15.8 Å². The van der Waals surface area contributed by atoms with Crippen LogP contribution in [0.3, 0.4) is 0 Å². The number of benzene rings is 1. The van der Waals surface area contributed by atoms with E-state index in [1.807, 2.05) is 14.1 Å². The molecule has 1 heterocycles. The van der Waals surface area contributed by atoms with E-state index in [1.165, 1.54) is 0 Å². The van der Waals surface area contributed by atoms with Gasteiger partial charge in [-0.15, -0.1) is 0 Å². The molecule has 0 aliphatic carbocycles. The number of carbonyl (C=O) groups is 1. The number of rotatable bonds is 12. The molecule has 2 rings (SSSR count). The van der Waals surface area contributed by atoms with Gasteiger partial charge in [-0.3, -0.25) is 4.79 Å². The van der Waals surface area contributed by atoms with Gasteiger partial charge in [0.25, 0.3) is 5.91 Å². The number of carbonyl (C=O) groups excluding carboxylic acids is 1. The van der Waals surface area contributed by atoms with Crippen LogP contribution in [0.1, 0.15) is 28.9 Å². The smallest absolute Gasteiger partial charge is 0.273 e. The Hall–Kier alpha value is -2.18. The van der Waals surface area contributed by atoms with Gasteiger partial charge in [0.15, 0.2) is 22.5 Å². The van der Waals surface area contributed by atoms with Crippen molar-refractivity contribution >= 4 is 50.8 Å². The van der Waals surface area contributed by atoms with Gasteiger partial charge in [-0.2, -0.15) is 0 Å². The maximum atomic E-state index is 12.3. The largest absolute Gasteiger partial charge is 0.382 e. The van der Waals surface area contributed by atoms with Crippen molar-refractivity contribution in [2.45, 2.75) is 18.6 Å². The fraction of sp³-hybridized carbons (Fsp3) is 0.450. The predicted molar refractivity (Wildman–Crippen MR) is 131 cm³/mol. The number of hydrogen-bond acceptors (Lipinski definition) is 7. The van der Waals surface area contributed by atoms with Crippen molar-refractivity contribution in [1.82, 2.24) is 20.0 Å². The summed E-state index contributed by atoms with van der Waals surface area (Å²) < 4.78 is 27.7. The molecule has 33 heavy (non-hydrogen) atoms. The van der Waals surface area contributed by atoms with Gasteiger partial charge in [-0.25, -0.2) is 23.1 Å². The molecule has 0 unspecified atom stereocenters. The van der Waals surface area contributed by atoms with Gasteiger partial charge in [0.05, 0.1) is 39.5 Å². The number of halogens is 2. The summed E-state index contributed by atoms with van der Waals surface area (Å²) in [6.45, 7) is 2.22. The normalized spacial score (nSPS) is 12.0. The average molecular weight is 519 g/mol. The van der Waals surface area contributed by atoms with E-state index in [-0.39, 0.29) is 28.2 Å². The molecular formula is C20H30Cl2N7O3S+. The van der Waals surface area contributed by atoms with E-state index in [4.69, 9.17) is 34.7 Å². The molecule has 10 nitrogen and oxygen atoms in total. The second kappa shape index (κ2) is 11.8. The van der Waals surface area contributed by atoms with Gasteiger partial charge in [0.1, 0.15) is 0 Å². The van der Waals surface area contributed by atoms with Gasteiger partial charge < -0.3 is 21.3 Å². The number of anilines is 2. The lowest BCUT2D eigenvalue weighted by atomic mass is 10.2. The molecule has 6 N–H and O–H groups in total. The number of nitrogen functional groups attached to an aromatic ring is 2. The number of nitrogens with one attached hydrogen (secondary N) is 2. The monoisotopic (exact) mass is 518 g/mol. The first-order valence-electron chi connectivity index (χ1n) is 10.3. The van der Waals surface area contributed by atoms with Crippen LogP contribution >= 0.6 is 23.2 Å². The summed E-state index contributed by atoms with van der Waals surface area (Å²) in [6.07, 6.45) is 1.51. The Bertz CT molecular complexity index is 1060. The summed E-state index contributed by atoms with van der Waals surface area (Å²) in [4.78, 5) is 20.0. The lowest BCUT2D eigenvalue weighted by Crippen LogP contribution is -2.46. The van der Waals surface area contributed by atoms with Crippen LogP contribution in [0.4, 0.5) is 11.6 Å². The Balaban J connectivity index is 1.68. The minimum Gasteiger partial charge on any atom is -0.382 e. The molecule has 0 aliphatic heterocycles. The topological polar surface area (TPSA) is 153 Å². The molecule has 0 spiro atoms. The SMILES string of the molecule is C[N+](C)(CCCCNS(=O)(=O)Cc1ccc(Cl)cc1)CCNC(=O)c1nc(Cl)c(N)nc1N. The summed E-state index contributed by atoms with van der Waals surface area (Å²) in [6, 6.07) is 6.73. The number of quaternary nitrogens is 1. The van der Waals surface area contributed by atoms with Crippen molar-refractivity contribution in [2.24, 2.45) is 0 Å². The molecule has 0 atom stereocenters. The van der Waals surface area contributed by atoms with Crippen molar-refractivity contribution < 1.29 is 17.7 Å².